The molecule has 1 aromatic carbocycles. The molecular weight excluding hydrogens is 273 g/mol. The van der Waals surface area contributed by atoms with Crippen molar-refractivity contribution in [3.05, 3.63) is 60.3 Å². The molecule has 0 aliphatic carbocycles. The van der Waals surface area contributed by atoms with Gasteiger partial charge in [0.1, 0.15) is 11.6 Å². The molecule has 0 radical (unpaired) electrons. The van der Waals surface area contributed by atoms with Gasteiger partial charge in [-0.3, -0.25) is 9.89 Å². The molecule has 3 rings (SSSR count). The zero-order valence-corrected chi connectivity index (χ0v) is 11.0. The first-order valence-electron chi connectivity index (χ1n) is 6.30. The maximum atomic E-state index is 12.9. The fourth-order valence-electron chi connectivity index (χ4n) is 1.88. The van der Waals surface area contributed by atoms with Crippen LogP contribution in [0.2, 0.25) is 0 Å². The van der Waals surface area contributed by atoms with Gasteiger partial charge in [0.05, 0.1) is 24.0 Å². The third-order valence-corrected chi connectivity index (χ3v) is 2.85. The minimum Gasteiger partial charge on any atom is -0.311 e. The molecule has 6 nitrogen and oxygen atoms in total. The molecule has 0 saturated heterocycles. The van der Waals surface area contributed by atoms with Gasteiger partial charge in [0.15, 0.2) is 0 Å². The summed E-state index contributed by atoms with van der Waals surface area (Å²) in [5.41, 5.74) is 1.35. The second kappa shape index (κ2) is 5.58. The van der Waals surface area contributed by atoms with Crippen molar-refractivity contribution in [1.29, 1.82) is 0 Å². The van der Waals surface area contributed by atoms with Crippen molar-refractivity contribution in [3.8, 4) is 5.69 Å². The number of hydrogen-bond donors (Lipinski definition) is 2. The van der Waals surface area contributed by atoms with Gasteiger partial charge in [-0.1, -0.05) is 0 Å². The quantitative estimate of drug-likeness (QED) is 0.769. The Morgan fingerprint density at radius 2 is 2.05 bits per heavy atom. The average Bonchev–Trinajstić information content (AvgIpc) is 3.11. The van der Waals surface area contributed by atoms with Crippen molar-refractivity contribution in [2.24, 2.45) is 0 Å². The molecule has 0 aliphatic rings. The topological polar surface area (TPSA) is 75.6 Å². The van der Waals surface area contributed by atoms with Gasteiger partial charge in [-0.25, -0.2) is 9.07 Å². The first-order valence-corrected chi connectivity index (χ1v) is 6.30. The van der Waals surface area contributed by atoms with Crippen LogP contribution in [0.25, 0.3) is 5.69 Å². The van der Waals surface area contributed by atoms with E-state index >= 15 is 0 Å². The molecule has 0 saturated carbocycles. The van der Waals surface area contributed by atoms with E-state index in [-0.39, 0.29) is 18.1 Å². The van der Waals surface area contributed by atoms with Gasteiger partial charge in [0.2, 0.25) is 5.91 Å². The summed E-state index contributed by atoms with van der Waals surface area (Å²) in [5, 5.41) is 13.3. The fourth-order valence-corrected chi connectivity index (χ4v) is 1.88. The van der Waals surface area contributed by atoms with E-state index in [1.54, 1.807) is 41.3 Å². The average molecular weight is 285 g/mol. The highest BCUT2D eigenvalue weighted by atomic mass is 19.1. The van der Waals surface area contributed by atoms with E-state index in [1.807, 2.05) is 0 Å². The van der Waals surface area contributed by atoms with Crippen LogP contribution in [0.3, 0.4) is 0 Å². The predicted molar refractivity (Wildman–Crippen MR) is 74.4 cm³/mol. The van der Waals surface area contributed by atoms with Crippen molar-refractivity contribution < 1.29 is 9.18 Å². The van der Waals surface area contributed by atoms with Crippen molar-refractivity contribution in [3.63, 3.8) is 0 Å². The summed E-state index contributed by atoms with van der Waals surface area (Å²) in [5.74, 6) is 0.0478. The Hall–Kier alpha value is -2.96. The smallest absolute Gasteiger partial charge is 0.231 e. The van der Waals surface area contributed by atoms with Crippen LogP contribution < -0.4 is 5.32 Å². The third kappa shape index (κ3) is 3.14. The van der Waals surface area contributed by atoms with Gasteiger partial charge < -0.3 is 5.32 Å². The number of aromatic amines is 1. The molecule has 2 heterocycles. The number of amides is 1. The number of aromatic nitrogens is 4. The summed E-state index contributed by atoms with van der Waals surface area (Å²) in [7, 11) is 0. The van der Waals surface area contributed by atoms with E-state index in [0.717, 1.165) is 5.69 Å². The summed E-state index contributed by atoms with van der Waals surface area (Å²) in [6, 6.07) is 9.38. The van der Waals surface area contributed by atoms with E-state index in [4.69, 9.17) is 0 Å². The van der Waals surface area contributed by atoms with Crippen LogP contribution in [0.1, 0.15) is 5.69 Å². The second-order valence-corrected chi connectivity index (χ2v) is 4.42. The minimum atomic E-state index is -0.301. The minimum absolute atomic E-state index is 0.146. The molecule has 0 unspecified atom stereocenters. The maximum absolute atomic E-state index is 12.9. The number of benzene rings is 1. The Morgan fingerprint density at radius 1 is 1.24 bits per heavy atom. The van der Waals surface area contributed by atoms with Crippen molar-refractivity contribution in [2.45, 2.75) is 6.42 Å². The summed E-state index contributed by atoms with van der Waals surface area (Å²) in [4.78, 5) is 11.8. The largest absolute Gasteiger partial charge is 0.311 e. The molecular formula is C14H12FN5O. The number of nitrogens with zero attached hydrogens (tertiary/aromatic N) is 3. The molecule has 2 N–H and O–H groups in total. The van der Waals surface area contributed by atoms with E-state index in [0.29, 0.717) is 11.5 Å². The molecule has 21 heavy (non-hydrogen) atoms. The molecule has 0 aliphatic heterocycles. The number of carbonyl (C=O) groups is 1. The van der Waals surface area contributed by atoms with E-state index in [9.17, 15) is 9.18 Å². The van der Waals surface area contributed by atoms with Crippen LogP contribution in [0, 0.1) is 5.82 Å². The Bertz CT molecular complexity index is 733. The maximum Gasteiger partial charge on any atom is 0.231 e. The highest BCUT2D eigenvalue weighted by molar-refractivity contribution is 5.91. The van der Waals surface area contributed by atoms with Crippen LogP contribution in [-0.4, -0.2) is 25.9 Å². The standard InChI is InChI=1S/C14H12FN5O/c15-10-1-3-12(4-2-10)20-8-6-11(19-20)9-14(21)17-13-5-7-16-18-13/h1-8H,9H2,(H2,16,17,18,21). The van der Waals surface area contributed by atoms with Crippen LogP contribution in [0.4, 0.5) is 10.2 Å². The lowest BCUT2D eigenvalue weighted by Crippen LogP contribution is -2.15. The van der Waals surface area contributed by atoms with Gasteiger partial charge >= 0.3 is 0 Å². The van der Waals surface area contributed by atoms with Crippen molar-refractivity contribution in [1.82, 2.24) is 20.0 Å². The Kier molecular flexibility index (Phi) is 3.46. The molecule has 106 valence electrons. The Morgan fingerprint density at radius 3 is 2.76 bits per heavy atom. The number of carbonyl (C=O) groups excluding carboxylic acids is 1. The monoisotopic (exact) mass is 285 g/mol. The summed E-state index contributed by atoms with van der Waals surface area (Å²) in [6.07, 6.45) is 3.43. The van der Waals surface area contributed by atoms with E-state index in [2.05, 4.69) is 20.6 Å². The first-order chi connectivity index (χ1) is 10.2. The lowest BCUT2D eigenvalue weighted by atomic mass is 10.3. The summed E-state index contributed by atoms with van der Waals surface area (Å²) < 4.78 is 14.5. The van der Waals surface area contributed by atoms with Crippen LogP contribution in [-0.2, 0) is 11.2 Å². The highest BCUT2D eigenvalue weighted by Gasteiger charge is 2.08. The van der Waals surface area contributed by atoms with Gasteiger partial charge in [-0.15, -0.1) is 0 Å². The zero-order chi connectivity index (χ0) is 14.7. The van der Waals surface area contributed by atoms with E-state index < -0.39 is 0 Å². The number of rotatable bonds is 4. The number of nitrogens with one attached hydrogen (secondary N) is 2. The fraction of sp³-hybridized carbons (Fsp3) is 0.0714. The normalized spacial score (nSPS) is 10.5. The lowest BCUT2D eigenvalue weighted by Gasteiger charge is -2.01. The molecule has 1 amide bonds. The molecule has 2 aromatic heterocycles. The van der Waals surface area contributed by atoms with E-state index in [1.165, 1.54) is 12.1 Å². The molecule has 0 atom stereocenters. The van der Waals surface area contributed by atoms with Gasteiger partial charge in [-0.2, -0.15) is 10.2 Å². The molecule has 0 bridgehead atoms. The molecule has 0 fully saturated rings. The summed E-state index contributed by atoms with van der Waals surface area (Å²) >= 11 is 0. The molecule has 3 aromatic rings. The number of H-pyrrole nitrogens is 1. The Labute approximate surface area is 119 Å². The van der Waals surface area contributed by atoms with Crippen LogP contribution >= 0.6 is 0 Å². The zero-order valence-electron chi connectivity index (χ0n) is 11.0. The van der Waals surface area contributed by atoms with Crippen LogP contribution in [0.5, 0.6) is 0 Å². The summed E-state index contributed by atoms with van der Waals surface area (Å²) in [6.45, 7) is 0. The Balaban J connectivity index is 1.67. The number of halogens is 1. The SMILES string of the molecule is O=C(Cc1ccn(-c2ccc(F)cc2)n1)Nc1ccn[nH]1. The van der Waals surface area contributed by atoms with Gasteiger partial charge in [0.25, 0.3) is 0 Å². The first kappa shape index (κ1) is 13.0. The van der Waals surface area contributed by atoms with Gasteiger partial charge in [-0.05, 0) is 30.3 Å². The van der Waals surface area contributed by atoms with Crippen molar-refractivity contribution in [2.75, 3.05) is 5.32 Å². The predicted octanol–water partition coefficient (Wildman–Crippen LogP) is 1.92. The van der Waals surface area contributed by atoms with Crippen molar-refractivity contribution >= 4 is 11.7 Å². The second-order valence-electron chi connectivity index (χ2n) is 4.42. The number of hydrogen-bond acceptors (Lipinski definition) is 3. The number of anilines is 1. The van der Waals surface area contributed by atoms with Crippen LogP contribution in [0.15, 0.2) is 48.8 Å². The van der Waals surface area contributed by atoms with Gasteiger partial charge in [0, 0.05) is 12.3 Å². The highest BCUT2D eigenvalue weighted by Crippen LogP contribution is 2.09. The molecule has 0 spiro atoms. The lowest BCUT2D eigenvalue weighted by molar-refractivity contribution is -0.115. The third-order valence-electron chi connectivity index (χ3n) is 2.85. The molecule has 7 heteroatoms.